The molecule has 236 valence electrons. The van der Waals surface area contributed by atoms with Gasteiger partial charge in [0.2, 0.25) is 5.91 Å². The van der Waals surface area contributed by atoms with Gasteiger partial charge in [-0.2, -0.15) is 0 Å². The molecule has 1 aromatic carbocycles. The number of epoxide rings is 1. The third-order valence-electron chi connectivity index (χ3n) is 9.01. The van der Waals surface area contributed by atoms with Gasteiger partial charge in [-0.1, -0.05) is 167 Å². The Morgan fingerprint density at radius 1 is 0.561 bits per heavy atom. The Labute approximate surface area is 255 Å². The lowest BCUT2D eigenvalue weighted by atomic mass is 10.0. The first-order chi connectivity index (χ1) is 20.3. The SMILES string of the molecule is CCCCCCCCCCCCCCN(C(=O)CCCCCCCC1OC1CCCCCCCC)c1ccccc1. The van der Waals surface area contributed by atoms with Crippen LogP contribution in [0.2, 0.25) is 0 Å². The molecule has 0 aromatic heterocycles. The fourth-order valence-corrected chi connectivity index (χ4v) is 6.22. The highest BCUT2D eigenvalue weighted by Crippen LogP contribution is 2.32. The predicted octanol–water partition coefficient (Wildman–Crippen LogP) is 12.0. The van der Waals surface area contributed by atoms with Crippen LogP contribution in [-0.2, 0) is 9.53 Å². The summed E-state index contributed by atoms with van der Waals surface area (Å²) in [5.74, 6) is 0.309. The van der Waals surface area contributed by atoms with Crippen molar-refractivity contribution in [2.24, 2.45) is 0 Å². The maximum absolute atomic E-state index is 13.2. The van der Waals surface area contributed by atoms with E-state index in [9.17, 15) is 4.79 Å². The van der Waals surface area contributed by atoms with E-state index in [1.54, 1.807) is 0 Å². The topological polar surface area (TPSA) is 32.8 Å². The van der Waals surface area contributed by atoms with Crippen LogP contribution in [0, 0.1) is 0 Å². The molecule has 1 aliphatic rings. The number of hydrogen-bond acceptors (Lipinski definition) is 2. The maximum atomic E-state index is 13.2. The van der Waals surface area contributed by atoms with Crippen molar-refractivity contribution in [3.05, 3.63) is 30.3 Å². The lowest BCUT2D eigenvalue weighted by molar-refractivity contribution is -0.118. The molecule has 0 aliphatic carbocycles. The average molecular weight is 570 g/mol. The second-order valence-corrected chi connectivity index (χ2v) is 12.8. The van der Waals surface area contributed by atoms with Gasteiger partial charge in [-0.05, 0) is 37.8 Å². The minimum absolute atomic E-state index is 0.309. The highest BCUT2D eigenvalue weighted by atomic mass is 16.6. The largest absolute Gasteiger partial charge is 0.370 e. The number of carbonyl (C=O) groups excluding carboxylic acids is 1. The van der Waals surface area contributed by atoms with E-state index < -0.39 is 0 Å². The van der Waals surface area contributed by atoms with Crippen molar-refractivity contribution in [3.63, 3.8) is 0 Å². The number of unbranched alkanes of at least 4 members (excludes halogenated alkanes) is 20. The van der Waals surface area contributed by atoms with Crippen molar-refractivity contribution >= 4 is 11.6 Å². The summed E-state index contributed by atoms with van der Waals surface area (Å²) < 4.78 is 5.91. The molecule has 3 nitrogen and oxygen atoms in total. The van der Waals surface area contributed by atoms with Crippen LogP contribution in [0.5, 0.6) is 0 Å². The molecule has 1 aliphatic heterocycles. The standard InChI is InChI=1S/C38H67NO2/c1-3-5-7-9-11-12-13-14-15-16-21-28-34-39(35-29-23-22-24-30-35)38(40)33-27-20-17-19-26-32-37-36(41-37)31-25-18-10-8-6-4-2/h22-24,29-30,36-37H,3-21,25-28,31-34H2,1-2H3. The molecular formula is C38H67NO2. The predicted molar refractivity (Wildman–Crippen MR) is 179 cm³/mol. The molecule has 1 heterocycles. The number of nitrogens with zero attached hydrogens (tertiary/aromatic N) is 1. The smallest absolute Gasteiger partial charge is 0.226 e. The quantitative estimate of drug-likeness (QED) is 0.0710. The highest BCUT2D eigenvalue weighted by molar-refractivity contribution is 5.93. The van der Waals surface area contributed by atoms with Crippen LogP contribution in [0.3, 0.4) is 0 Å². The molecule has 3 heteroatoms. The Hall–Kier alpha value is -1.35. The van der Waals surface area contributed by atoms with Crippen LogP contribution in [0.4, 0.5) is 5.69 Å². The summed E-state index contributed by atoms with van der Waals surface area (Å²) in [7, 11) is 0. The molecule has 1 fully saturated rings. The fraction of sp³-hybridized carbons (Fsp3) is 0.816. The molecule has 1 amide bonds. The molecule has 0 spiro atoms. The van der Waals surface area contributed by atoms with E-state index in [4.69, 9.17) is 4.74 Å². The third-order valence-corrected chi connectivity index (χ3v) is 9.01. The van der Waals surface area contributed by atoms with Gasteiger partial charge in [0.05, 0.1) is 12.2 Å². The van der Waals surface area contributed by atoms with Crippen LogP contribution >= 0.6 is 0 Å². The van der Waals surface area contributed by atoms with Crippen molar-refractivity contribution in [3.8, 4) is 0 Å². The minimum atomic E-state index is 0.309. The molecule has 0 bridgehead atoms. The van der Waals surface area contributed by atoms with E-state index in [-0.39, 0.29) is 0 Å². The second kappa shape index (κ2) is 25.2. The van der Waals surface area contributed by atoms with Crippen LogP contribution in [0.1, 0.15) is 181 Å². The van der Waals surface area contributed by atoms with E-state index >= 15 is 0 Å². The van der Waals surface area contributed by atoms with Gasteiger partial charge < -0.3 is 9.64 Å². The molecule has 2 rings (SSSR count). The van der Waals surface area contributed by atoms with Gasteiger partial charge in [0.15, 0.2) is 0 Å². The summed E-state index contributed by atoms with van der Waals surface area (Å²) in [6, 6.07) is 10.3. The van der Waals surface area contributed by atoms with E-state index in [1.807, 2.05) is 6.07 Å². The van der Waals surface area contributed by atoms with Gasteiger partial charge in [-0.3, -0.25) is 4.79 Å². The molecule has 1 aromatic rings. The van der Waals surface area contributed by atoms with E-state index in [2.05, 4.69) is 43.0 Å². The number of carbonyl (C=O) groups is 1. The number of benzene rings is 1. The van der Waals surface area contributed by atoms with Crippen molar-refractivity contribution in [1.29, 1.82) is 0 Å². The van der Waals surface area contributed by atoms with E-state index in [1.165, 1.54) is 148 Å². The zero-order valence-corrected chi connectivity index (χ0v) is 27.4. The zero-order chi connectivity index (χ0) is 29.2. The normalized spacial score (nSPS) is 16.2. The summed E-state index contributed by atoms with van der Waals surface area (Å²) in [6.45, 7) is 5.43. The Morgan fingerprint density at radius 3 is 1.46 bits per heavy atom. The van der Waals surface area contributed by atoms with Crippen LogP contribution in [0.25, 0.3) is 0 Å². The second-order valence-electron chi connectivity index (χ2n) is 12.8. The Morgan fingerprint density at radius 2 is 0.976 bits per heavy atom. The van der Waals surface area contributed by atoms with Crippen molar-refractivity contribution in [1.82, 2.24) is 0 Å². The maximum Gasteiger partial charge on any atom is 0.226 e. The summed E-state index contributed by atoms with van der Waals surface area (Å²) in [5.41, 5.74) is 1.07. The lowest BCUT2D eigenvalue weighted by Gasteiger charge is -2.23. The van der Waals surface area contributed by atoms with Gasteiger partial charge in [-0.15, -0.1) is 0 Å². The minimum Gasteiger partial charge on any atom is -0.370 e. The summed E-state index contributed by atoms with van der Waals surface area (Å²) >= 11 is 0. The third kappa shape index (κ3) is 18.7. The molecule has 41 heavy (non-hydrogen) atoms. The Balaban J connectivity index is 1.48. The van der Waals surface area contributed by atoms with Gasteiger partial charge in [0.25, 0.3) is 0 Å². The Bertz CT molecular complexity index is 720. The molecular weight excluding hydrogens is 502 g/mol. The summed E-state index contributed by atoms with van der Waals surface area (Å²) in [6.07, 6.45) is 34.7. The van der Waals surface area contributed by atoms with E-state index in [0.29, 0.717) is 24.5 Å². The first-order valence-corrected chi connectivity index (χ1v) is 18.3. The number of amides is 1. The zero-order valence-electron chi connectivity index (χ0n) is 27.4. The molecule has 0 radical (unpaired) electrons. The fourth-order valence-electron chi connectivity index (χ4n) is 6.22. The molecule has 1 saturated heterocycles. The molecule has 2 atom stereocenters. The van der Waals surface area contributed by atoms with Gasteiger partial charge in [-0.25, -0.2) is 0 Å². The monoisotopic (exact) mass is 570 g/mol. The molecule has 0 N–H and O–H groups in total. The van der Waals surface area contributed by atoms with Gasteiger partial charge in [0, 0.05) is 18.7 Å². The Kier molecular flexibility index (Phi) is 22.0. The average Bonchev–Trinajstić information content (AvgIpc) is 3.75. The summed E-state index contributed by atoms with van der Waals surface area (Å²) in [5, 5.41) is 0. The lowest BCUT2D eigenvalue weighted by Crippen LogP contribution is -2.31. The number of anilines is 1. The van der Waals surface area contributed by atoms with Gasteiger partial charge in [0.1, 0.15) is 0 Å². The van der Waals surface area contributed by atoms with Gasteiger partial charge >= 0.3 is 0 Å². The van der Waals surface area contributed by atoms with Crippen LogP contribution < -0.4 is 4.90 Å². The first-order valence-electron chi connectivity index (χ1n) is 18.3. The van der Waals surface area contributed by atoms with Crippen molar-refractivity contribution in [2.75, 3.05) is 11.4 Å². The highest BCUT2D eigenvalue weighted by Gasteiger charge is 2.36. The number of rotatable bonds is 29. The van der Waals surface area contributed by atoms with E-state index in [0.717, 1.165) is 25.1 Å². The number of hydrogen-bond donors (Lipinski definition) is 0. The van der Waals surface area contributed by atoms with Crippen LogP contribution in [-0.4, -0.2) is 24.7 Å². The first kappa shape index (κ1) is 35.8. The van der Waals surface area contributed by atoms with Crippen molar-refractivity contribution < 1.29 is 9.53 Å². The number of para-hydroxylation sites is 1. The molecule has 2 unspecified atom stereocenters. The molecule has 0 saturated carbocycles. The van der Waals surface area contributed by atoms with Crippen LogP contribution in [0.15, 0.2) is 30.3 Å². The van der Waals surface area contributed by atoms with Crippen molar-refractivity contribution in [2.45, 2.75) is 193 Å². The summed E-state index contributed by atoms with van der Waals surface area (Å²) in [4.78, 5) is 15.2. The number of ether oxygens (including phenoxy) is 1.